The third-order valence-electron chi connectivity index (χ3n) is 3.20. The molecule has 1 aromatic heterocycles. The lowest BCUT2D eigenvalue weighted by atomic mass is 10.2. The van der Waals surface area contributed by atoms with E-state index < -0.39 is 10.0 Å². The van der Waals surface area contributed by atoms with Crippen LogP contribution < -0.4 is 4.72 Å². The van der Waals surface area contributed by atoms with Crippen molar-refractivity contribution in [2.24, 2.45) is 0 Å². The molecule has 3 rings (SSSR count). The zero-order chi connectivity index (χ0) is 15.6. The van der Waals surface area contributed by atoms with Gasteiger partial charge in [0.15, 0.2) is 0 Å². The fourth-order valence-corrected chi connectivity index (χ4v) is 3.44. The number of sulfonamides is 1. The predicted molar refractivity (Wildman–Crippen MR) is 83.7 cm³/mol. The van der Waals surface area contributed by atoms with Gasteiger partial charge in [-0.15, -0.1) is 0 Å². The second-order valence-electron chi connectivity index (χ2n) is 4.65. The van der Waals surface area contributed by atoms with Crippen LogP contribution in [0, 0.1) is 11.3 Å². The number of pyridine rings is 1. The summed E-state index contributed by atoms with van der Waals surface area (Å²) in [4.78, 5) is 4.18. The summed E-state index contributed by atoms with van der Waals surface area (Å²) in [7, 11) is -3.72. The van der Waals surface area contributed by atoms with Crippen LogP contribution in [0.3, 0.4) is 0 Å². The number of hydrogen-bond acceptors (Lipinski definition) is 4. The van der Waals surface area contributed by atoms with Gasteiger partial charge in [0.05, 0.1) is 16.5 Å². The first-order valence-electron chi connectivity index (χ1n) is 6.46. The molecule has 1 heterocycles. The summed E-state index contributed by atoms with van der Waals surface area (Å²) in [6, 6.07) is 14.9. The molecule has 0 radical (unpaired) electrons. The zero-order valence-electron chi connectivity index (χ0n) is 11.4. The first kappa shape index (κ1) is 14.0. The maximum Gasteiger partial charge on any atom is 0.262 e. The number of nitriles is 1. The summed E-state index contributed by atoms with van der Waals surface area (Å²) in [6.45, 7) is 0. The molecule has 0 unspecified atom stereocenters. The van der Waals surface area contributed by atoms with Crippen LogP contribution in [0.5, 0.6) is 0 Å². The van der Waals surface area contributed by atoms with E-state index in [9.17, 15) is 8.42 Å². The van der Waals surface area contributed by atoms with Crippen molar-refractivity contribution in [3.05, 3.63) is 66.5 Å². The molecule has 1 N–H and O–H groups in total. The monoisotopic (exact) mass is 309 g/mol. The molecular weight excluding hydrogens is 298 g/mol. The number of anilines is 1. The van der Waals surface area contributed by atoms with Crippen molar-refractivity contribution >= 4 is 26.5 Å². The average molecular weight is 309 g/mol. The summed E-state index contributed by atoms with van der Waals surface area (Å²) >= 11 is 0. The highest BCUT2D eigenvalue weighted by molar-refractivity contribution is 7.93. The van der Waals surface area contributed by atoms with Crippen molar-refractivity contribution in [2.75, 3.05) is 4.72 Å². The Morgan fingerprint density at radius 2 is 1.82 bits per heavy atom. The van der Waals surface area contributed by atoms with Gasteiger partial charge >= 0.3 is 0 Å². The fraction of sp³-hybridized carbons (Fsp3) is 0. The van der Waals surface area contributed by atoms with Crippen molar-refractivity contribution in [1.29, 1.82) is 5.26 Å². The van der Waals surface area contributed by atoms with Crippen molar-refractivity contribution < 1.29 is 8.42 Å². The van der Waals surface area contributed by atoms with E-state index in [1.165, 1.54) is 0 Å². The standard InChI is InChI=1S/C16H11N3O2S/c17-10-12-4-6-14(7-5-12)19-22(20,21)16-3-1-2-13-11-18-9-8-15(13)16/h1-9,11,19H. The number of aromatic nitrogens is 1. The number of hydrogen-bond donors (Lipinski definition) is 1. The fourth-order valence-electron chi connectivity index (χ4n) is 2.15. The Kier molecular flexibility index (Phi) is 3.49. The van der Waals surface area contributed by atoms with Gasteiger partial charge in [0.2, 0.25) is 0 Å². The minimum atomic E-state index is -3.72. The third-order valence-corrected chi connectivity index (χ3v) is 4.64. The molecule has 108 valence electrons. The van der Waals surface area contributed by atoms with Crippen molar-refractivity contribution in [2.45, 2.75) is 4.90 Å². The molecule has 2 aromatic carbocycles. The molecule has 0 spiro atoms. The highest BCUT2D eigenvalue weighted by Gasteiger charge is 2.17. The molecule has 0 amide bonds. The Morgan fingerprint density at radius 3 is 2.55 bits per heavy atom. The molecule has 22 heavy (non-hydrogen) atoms. The van der Waals surface area contributed by atoms with E-state index in [-0.39, 0.29) is 4.90 Å². The second-order valence-corrected chi connectivity index (χ2v) is 6.30. The number of nitrogens with zero attached hydrogens (tertiary/aromatic N) is 2. The quantitative estimate of drug-likeness (QED) is 0.806. The van der Waals surface area contributed by atoms with Crippen LogP contribution in [0.2, 0.25) is 0 Å². The van der Waals surface area contributed by atoms with Gasteiger partial charge in [-0.05, 0) is 36.4 Å². The molecule has 6 heteroatoms. The van der Waals surface area contributed by atoms with E-state index in [4.69, 9.17) is 5.26 Å². The van der Waals surface area contributed by atoms with Crippen molar-refractivity contribution in [3.8, 4) is 6.07 Å². The van der Waals surface area contributed by atoms with Gasteiger partial charge in [-0.2, -0.15) is 5.26 Å². The first-order chi connectivity index (χ1) is 10.6. The Bertz CT molecular complexity index is 969. The average Bonchev–Trinajstić information content (AvgIpc) is 2.54. The van der Waals surface area contributed by atoms with Crippen molar-refractivity contribution in [1.82, 2.24) is 4.98 Å². The second kappa shape index (κ2) is 5.47. The summed E-state index contributed by atoms with van der Waals surface area (Å²) in [5, 5.41) is 10.1. The normalized spacial score (nSPS) is 11.0. The predicted octanol–water partition coefficient (Wildman–Crippen LogP) is 2.91. The number of fused-ring (bicyclic) bond motifs is 1. The smallest absolute Gasteiger partial charge is 0.262 e. The van der Waals surface area contributed by atoms with E-state index in [1.807, 2.05) is 12.1 Å². The minimum Gasteiger partial charge on any atom is -0.280 e. The molecule has 0 aliphatic heterocycles. The number of nitrogens with one attached hydrogen (secondary N) is 1. The Morgan fingerprint density at radius 1 is 1.05 bits per heavy atom. The largest absolute Gasteiger partial charge is 0.280 e. The third kappa shape index (κ3) is 2.62. The van der Waals surface area contributed by atoms with Gasteiger partial charge < -0.3 is 0 Å². The highest BCUT2D eigenvalue weighted by atomic mass is 32.2. The zero-order valence-corrected chi connectivity index (χ0v) is 12.2. The molecule has 0 bridgehead atoms. The molecular formula is C16H11N3O2S. The first-order valence-corrected chi connectivity index (χ1v) is 7.94. The van der Waals surface area contributed by atoms with E-state index >= 15 is 0 Å². The van der Waals surface area contributed by atoms with Crippen LogP contribution in [-0.2, 0) is 10.0 Å². The van der Waals surface area contributed by atoms with Crippen LogP contribution in [0.15, 0.2) is 65.8 Å². The lowest BCUT2D eigenvalue weighted by Gasteiger charge is -2.10. The molecule has 0 atom stereocenters. The molecule has 3 aromatic rings. The van der Waals surface area contributed by atoms with Gasteiger partial charge in [0, 0.05) is 28.9 Å². The lowest BCUT2D eigenvalue weighted by molar-refractivity contribution is 0.602. The molecule has 0 aliphatic carbocycles. The number of rotatable bonds is 3. The van der Waals surface area contributed by atoms with Crippen LogP contribution in [-0.4, -0.2) is 13.4 Å². The lowest BCUT2D eigenvalue weighted by Crippen LogP contribution is -2.13. The maximum absolute atomic E-state index is 12.6. The van der Waals surface area contributed by atoms with E-state index in [0.717, 1.165) is 5.39 Å². The molecule has 0 saturated heterocycles. The van der Waals surface area contributed by atoms with Crippen LogP contribution in [0.25, 0.3) is 10.8 Å². The van der Waals surface area contributed by atoms with Crippen LogP contribution >= 0.6 is 0 Å². The summed E-state index contributed by atoms with van der Waals surface area (Å²) in [5.41, 5.74) is 0.879. The maximum atomic E-state index is 12.6. The van der Waals surface area contributed by atoms with Gasteiger partial charge in [0.25, 0.3) is 10.0 Å². The topological polar surface area (TPSA) is 82.9 Å². The van der Waals surface area contributed by atoms with Gasteiger partial charge in [-0.1, -0.05) is 12.1 Å². The molecule has 0 aliphatic rings. The van der Waals surface area contributed by atoms with Gasteiger partial charge in [-0.3, -0.25) is 9.71 Å². The Labute approximate surface area is 127 Å². The summed E-state index contributed by atoms with van der Waals surface area (Å²) in [5.74, 6) is 0. The summed E-state index contributed by atoms with van der Waals surface area (Å²) in [6.07, 6.45) is 3.18. The van der Waals surface area contributed by atoms with Crippen LogP contribution in [0.4, 0.5) is 5.69 Å². The Hall–Kier alpha value is -2.91. The minimum absolute atomic E-state index is 0.191. The Balaban J connectivity index is 2.03. The van der Waals surface area contributed by atoms with Gasteiger partial charge in [-0.25, -0.2) is 8.42 Å². The molecule has 5 nitrogen and oxygen atoms in total. The van der Waals surface area contributed by atoms with Gasteiger partial charge in [0.1, 0.15) is 0 Å². The summed E-state index contributed by atoms with van der Waals surface area (Å²) < 4.78 is 27.7. The molecule has 0 fully saturated rings. The van der Waals surface area contributed by atoms with E-state index in [1.54, 1.807) is 54.9 Å². The molecule has 0 saturated carbocycles. The van der Waals surface area contributed by atoms with Crippen molar-refractivity contribution in [3.63, 3.8) is 0 Å². The van der Waals surface area contributed by atoms with E-state index in [2.05, 4.69) is 9.71 Å². The SMILES string of the molecule is N#Cc1ccc(NS(=O)(=O)c2cccc3cnccc23)cc1. The number of benzene rings is 2. The van der Waals surface area contributed by atoms with Crippen LogP contribution in [0.1, 0.15) is 5.56 Å². The highest BCUT2D eigenvalue weighted by Crippen LogP contribution is 2.24. The van der Waals surface area contributed by atoms with E-state index in [0.29, 0.717) is 16.6 Å².